The summed E-state index contributed by atoms with van der Waals surface area (Å²) < 4.78 is 11.9. The molecular formula is C20H27NO2. The van der Waals surface area contributed by atoms with Gasteiger partial charge in [0.05, 0.1) is 6.61 Å². The first kappa shape index (κ1) is 17.4. The van der Waals surface area contributed by atoms with Gasteiger partial charge in [-0.2, -0.15) is 0 Å². The third kappa shape index (κ3) is 5.29. The van der Waals surface area contributed by atoms with Gasteiger partial charge in [-0.05, 0) is 31.9 Å². The average Bonchev–Trinajstić information content (AvgIpc) is 2.60. The highest BCUT2D eigenvalue weighted by Gasteiger charge is 2.12. The van der Waals surface area contributed by atoms with Crippen LogP contribution in [-0.4, -0.2) is 12.6 Å². The molecule has 0 radical (unpaired) electrons. The SMILES string of the molecule is CCOc1cccc(CN[C@@H](C)CC)c1OCc1ccccc1. The summed E-state index contributed by atoms with van der Waals surface area (Å²) in [5.74, 6) is 1.65. The molecule has 0 saturated heterocycles. The van der Waals surface area contributed by atoms with Crippen LogP contribution in [0.4, 0.5) is 0 Å². The van der Waals surface area contributed by atoms with Gasteiger partial charge in [0.25, 0.3) is 0 Å². The molecule has 3 nitrogen and oxygen atoms in total. The van der Waals surface area contributed by atoms with Crippen LogP contribution in [0.15, 0.2) is 48.5 Å². The Kier molecular flexibility index (Phi) is 6.95. The van der Waals surface area contributed by atoms with Gasteiger partial charge in [-0.15, -0.1) is 0 Å². The predicted molar refractivity (Wildman–Crippen MR) is 95.0 cm³/mol. The molecule has 0 spiro atoms. The van der Waals surface area contributed by atoms with Crippen molar-refractivity contribution in [2.75, 3.05) is 6.61 Å². The maximum absolute atomic E-state index is 6.11. The van der Waals surface area contributed by atoms with Crippen LogP contribution in [0.1, 0.15) is 38.3 Å². The molecule has 124 valence electrons. The lowest BCUT2D eigenvalue weighted by molar-refractivity contribution is 0.265. The first-order valence-electron chi connectivity index (χ1n) is 8.39. The van der Waals surface area contributed by atoms with Crippen molar-refractivity contribution in [3.05, 3.63) is 59.7 Å². The molecule has 0 saturated carbocycles. The van der Waals surface area contributed by atoms with Gasteiger partial charge in [0.2, 0.25) is 0 Å². The summed E-state index contributed by atoms with van der Waals surface area (Å²) in [6.07, 6.45) is 1.10. The van der Waals surface area contributed by atoms with Gasteiger partial charge < -0.3 is 14.8 Å². The van der Waals surface area contributed by atoms with E-state index in [9.17, 15) is 0 Å². The third-order valence-electron chi connectivity index (χ3n) is 3.84. The zero-order valence-corrected chi connectivity index (χ0v) is 14.3. The zero-order valence-electron chi connectivity index (χ0n) is 14.3. The molecule has 0 aliphatic carbocycles. The fourth-order valence-electron chi connectivity index (χ4n) is 2.29. The van der Waals surface area contributed by atoms with E-state index in [0.29, 0.717) is 19.3 Å². The molecule has 0 aliphatic rings. The summed E-state index contributed by atoms with van der Waals surface area (Å²) in [5.41, 5.74) is 2.28. The fourth-order valence-corrected chi connectivity index (χ4v) is 2.29. The number of ether oxygens (including phenoxy) is 2. The number of para-hydroxylation sites is 1. The van der Waals surface area contributed by atoms with E-state index >= 15 is 0 Å². The van der Waals surface area contributed by atoms with Crippen molar-refractivity contribution < 1.29 is 9.47 Å². The molecule has 2 rings (SSSR count). The summed E-state index contributed by atoms with van der Waals surface area (Å²) >= 11 is 0. The van der Waals surface area contributed by atoms with Gasteiger partial charge in [-0.3, -0.25) is 0 Å². The lowest BCUT2D eigenvalue weighted by Gasteiger charge is -2.18. The van der Waals surface area contributed by atoms with E-state index in [-0.39, 0.29) is 0 Å². The Morgan fingerprint density at radius 2 is 1.74 bits per heavy atom. The van der Waals surface area contributed by atoms with Crippen LogP contribution in [0, 0.1) is 0 Å². The molecule has 0 aromatic heterocycles. The first-order chi connectivity index (χ1) is 11.2. The van der Waals surface area contributed by atoms with Crippen LogP contribution in [0.2, 0.25) is 0 Å². The molecule has 0 aliphatic heterocycles. The minimum absolute atomic E-state index is 0.479. The highest BCUT2D eigenvalue weighted by atomic mass is 16.5. The van der Waals surface area contributed by atoms with Crippen molar-refractivity contribution in [2.45, 2.75) is 46.4 Å². The Bertz CT molecular complexity index is 583. The summed E-state index contributed by atoms with van der Waals surface area (Å²) in [6, 6.07) is 16.8. The fraction of sp³-hybridized carbons (Fsp3) is 0.400. The summed E-state index contributed by atoms with van der Waals surface area (Å²) in [5, 5.41) is 3.52. The molecule has 1 atom stereocenters. The zero-order chi connectivity index (χ0) is 16.5. The average molecular weight is 313 g/mol. The number of rotatable bonds is 9. The topological polar surface area (TPSA) is 30.5 Å². The van der Waals surface area contributed by atoms with Crippen molar-refractivity contribution >= 4 is 0 Å². The number of hydrogen-bond acceptors (Lipinski definition) is 3. The van der Waals surface area contributed by atoms with Crippen LogP contribution in [0.5, 0.6) is 11.5 Å². The van der Waals surface area contributed by atoms with Crippen LogP contribution < -0.4 is 14.8 Å². The van der Waals surface area contributed by atoms with Crippen molar-refractivity contribution in [1.82, 2.24) is 5.32 Å². The predicted octanol–water partition coefficient (Wildman–Crippen LogP) is 4.55. The summed E-state index contributed by atoms with van der Waals surface area (Å²) in [6.45, 7) is 8.31. The summed E-state index contributed by atoms with van der Waals surface area (Å²) in [4.78, 5) is 0. The normalized spacial score (nSPS) is 12.0. The number of hydrogen-bond donors (Lipinski definition) is 1. The molecule has 0 unspecified atom stereocenters. The van der Waals surface area contributed by atoms with Crippen LogP contribution in [-0.2, 0) is 13.2 Å². The highest BCUT2D eigenvalue weighted by Crippen LogP contribution is 2.32. The summed E-state index contributed by atoms with van der Waals surface area (Å²) in [7, 11) is 0. The second-order valence-electron chi connectivity index (χ2n) is 5.64. The molecule has 2 aromatic rings. The molecule has 2 aromatic carbocycles. The molecule has 0 heterocycles. The Balaban J connectivity index is 2.15. The van der Waals surface area contributed by atoms with E-state index in [1.807, 2.05) is 37.3 Å². The van der Waals surface area contributed by atoms with Crippen molar-refractivity contribution in [3.63, 3.8) is 0 Å². The third-order valence-corrected chi connectivity index (χ3v) is 3.84. The first-order valence-corrected chi connectivity index (χ1v) is 8.39. The van der Waals surface area contributed by atoms with Crippen LogP contribution >= 0.6 is 0 Å². The van der Waals surface area contributed by atoms with E-state index < -0.39 is 0 Å². The molecule has 0 amide bonds. The van der Waals surface area contributed by atoms with Crippen molar-refractivity contribution in [1.29, 1.82) is 0 Å². The molecule has 0 bridgehead atoms. The van der Waals surface area contributed by atoms with E-state index in [4.69, 9.17) is 9.47 Å². The van der Waals surface area contributed by atoms with E-state index in [0.717, 1.165) is 35.6 Å². The smallest absolute Gasteiger partial charge is 0.166 e. The van der Waals surface area contributed by atoms with Crippen LogP contribution in [0.3, 0.4) is 0 Å². The van der Waals surface area contributed by atoms with Gasteiger partial charge >= 0.3 is 0 Å². The number of nitrogens with one attached hydrogen (secondary N) is 1. The Labute approximate surface area is 139 Å². The van der Waals surface area contributed by atoms with E-state index in [2.05, 4.69) is 37.4 Å². The molecule has 1 N–H and O–H groups in total. The maximum Gasteiger partial charge on any atom is 0.166 e. The molecule has 0 fully saturated rings. The van der Waals surface area contributed by atoms with Crippen molar-refractivity contribution in [3.8, 4) is 11.5 Å². The lowest BCUT2D eigenvalue weighted by Crippen LogP contribution is -2.24. The van der Waals surface area contributed by atoms with Gasteiger partial charge in [0, 0.05) is 18.2 Å². The Morgan fingerprint density at radius 1 is 0.957 bits per heavy atom. The second kappa shape index (κ2) is 9.21. The highest BCUT2D eigenvalue weighted by molar-refractivity contribution is 5.46. The largest absolute Gasteiger partial charge is 0.490 e. The quantitative estimate of drug-likeness (QED) is 0.736. The van der Waals surface area contributed by atoms with Gasteiger partial charge in [0.15, 0.2) is 11.5 Å². The van der Waals surface area contributed by atoms with Gasteiger partial charge in [-0.1, -0.05) is 49.4 Å². The van der Waals surface area contributed by atoms with Gasteiger partial charge in [-0.25, -0.2) is 0 Å². The molecular weight excluding hydrogens is 286 g/mol. The Morgan fingerprint density at radius 3 is 2.43 bits per heavy atom. The Hall–Kier alpha value is -2.00. The van der Waals surface area contributed by atoms with E-state index in [1.165, 1.54) is 0 Å². The maximum atomic E-state index is 6.11. The molecule has 3 heteroatoms. The van der Waals surface area contributed by atoms with Crippen molar-refractivity contribution in [2.24, 2.45) is 0 Å². The second-order valence-corrected chi connectivity index (χ2v) is 5.64. The van der Waals surface area contributed by atoms with Gasteiger partial charge in [0.1, 0.15) is 6.61 Å². The minimum Gasteiger partial charge on any atom is -0.490 e. The standard InChI is InChI=1S/C20H27NO2/c1-4-16(3)21-14-18-12-9-13-19(22-5-2)20(18)23-15-17-10-7-6-8-11-17/h6-13,16,21H,4-5,14-15H2,1-3H3/t16-/m0/s1. The van der Waals surface area contributed by atoms with Crippen LogP contribution in [0.25, 0.3) is 0 Å². The lowest BCUT2D eigenvalue weighted by atomic mass is 10.1. The number of benzene rings is 2. The molecule has 23 heavy (non-hydrogen) atoms. The minimum atomic E-state index is 0.479. The van der Waals surface area contributed by atoms with E-state index in [1.54, 1.807) is 0 Å². The monoisotopic (exact) mass is 313 g/mol.